The molecule has 0 aliphatic carbocycles. The predicted molar refractivity (Wildman–Crippen MR) is 68.1 cm³/mol. The van der Waals surface area contributed by atoms with Crippen LogP contribution in [0.4, 0.5) is 0 Å². The van der Waals surface area contributed by atoms with E-state index in [2.05, 4.69) is 20.3 Å². The summed E-state index contributed by atoms with van der Waals surface area (Å²) in [5, 5.41) is 29.2. The van der Waals surface area contributed by atoms with Crippen LogP contribution in [0.15, 0.2) is 20.3 Å². The summed E-state index contributed by atoms with van der Waals surface area (Å²) in [6.07, 6.45) is 0.292. The highest BCUT2D eigenvalue weighted by molar-refractivity contribution is 5.92. The van der Waals surface area contributed by atoms with Gasteiger partial charge in [0.15, 0.2) is 18.0 Å². The van der Waals surface area contributed by atoms with Crippen molar-refractivity contribution in [2.75, 3.05) is 19.7 Å². The van der Waals surface area contributed by atoms with E-state index in [0.717, 1.165) is 18.9 Å². The van der Waals surface area contributed by atoms with Gasteiger partial charge in [0.1, 0.15) is 12.3 Å². The van der Waals surface area contributed by atoms with E-state index in [9.17, 15) is 5.11 Å². The first-order chi connectivity index (χ1) is 9.78. The summed E-state index contributed by atoms with van der Waals surface area (Å²) in [7, 11) is 0. The Morgan fingerprint density at radius 3 is 3.15 bits per heavy atom. The number of aliphatic hydroxyl groups excluding tert-OH is 2. The van der Waals surface area contributed by atoms with E-state index in [0.29, 0.717) is 6.42 Å². The lowest BCUT2D eigenvalue weighted by Gasteiger charge is -2.32. The molecule has 0 saturated carbocycles. The number of nitrogens with zero attached hydrogens (tertiary/aromatic N) is 6. The minimum Gasteiger partial charge on any atom is -0.394 e. The van der Waals surface area contributed by atoms with E-state index in [1.807, 2.05) is 4.90 Å². The van der Waals surface area contributed by atoms with Crippen LogP contribution in [0.25, 0.3) is 0 Å². The predicted octanol–water partition coefficient (Wildman–Crippen LogP) is -1.41. The third-order valence-corrected chi connectivity index (χ3v) is 4.06. The molecule has 0 spiro atoms. The second-order valence-corrected chi connectivity index (χ2v) is 5.25. The molecule has 4 aliphatic heterocycles. The van der Waals surface area contributed by atoms with E-state index < -0.39 is 12.2 Å². The van der Waals surface area contributed by atoms with Gasteiger partial charge >= 0.3 is 0 Å². The van der Waals surface area contributed by atoms with Crippen molar-refractivity contribution >= 4 is 12.2 Å². The zero-order valence-electron chi connectivity index (χ0n) is 10.8. The largest absolute Gasteiger partial charge is 0.394 e. The molecule has 1 fully saturated rings. The highest BCUT2D eigenvalue weighted by Crippen LogP contribution is 2.31. The number of aliphatic imine (C=N–C) groups is 2. The van der Waals surface area contributed by atoms with Gasteiger partial charge in [-0.15, -0.1) is 5.11 Å². The Morgan fingerprint density at radius 1 is 1.45 bits per heavy atom. The van der Waals surface area contributed by atoms with E-state index in [1.165, 1.54) is 0 Å². The zero-order valence-corrected chi connectivity index (χ0v) is 10.8. The smallest absolute Gasteiger partial charge is 0.177 e. The molecule has 5 atom stereocenters. The summed E-state index contributed by atoms with van der Waals surface area (Å²) in [6, 6.07) is -0.149. The van der Waals surface area contributed by atoms with Crippen LogP contribution in [0.1, 0.15) is 6.42 Å². The standard InChI is InChI=1S/C11H16N6O3/c18-4-7-6(19)3-8(20-7)16-5-13-9-10-12-1-2-17(10)15-14-11(9)16/h5-9,11,18-19H,1-4H2/t6-,7+,8+,9?,11?/m0/s1. The molecule has 1 saturated heterocycles. The zero-order chi connectivity index (χ0) is 13.7. The molecule has 0 aromatic rings. The summed E-state index contributed by atoms with van der Waals surface area (Å²) < 4.78 is 5.65. The molecule has 4 heterocycles. The van der Waals surface area contributed by atoms with E-state index in [1.54, 1.807) is 11.3 Å². The molecular formula is C11H16N6O3. The van der Waals surface area contributed by atoms with Crippen LogP contribution in [0, 0.1) is 0 Å². The maximum atomic E-state index is 9.82. The van der Waals surface area contributed by atoms with Gasteiger partial charge < -0.3 is 19.8 Å². The third kappa shape index (κ3) is 1.67. The van der Waals surface area contributed by atoms with Crippen LogP contribution in [-0.4, -0.2) is 82.6 Å². The Bertz CT molecular complexity index is 495. The van der Waals surface area contributed by atoms with Crippen molar-refractivity contribution < 1.29 is 14.9 Å². The number of hydrogen-bond acceptors (Lipinski definition) is 9. The Labute approximate surface area is 115 Å². The maximum Gasteiger partial charge on any atom is 0.177 e. The first-order valence-corrected chi connectivity index (χ1v) is 6.75. The molecule has 2 N–H and O–H groups in total. The summed E-state index contributed by atoms with van der Waals surface area (Å²) in [5.74, 6) is 0.848. The Balaban J connectivity index is 1.55. The van der Waals surface area contributed by atoms with Crippen molar-refractivity contribution in [2.45, 2.75) is 37.1 Å². The van der Waals surface area contributed by atoms with Crippen molar-refractivity contribution in [1.82, 2.24) is 9.91 Å². The number of hydrogen-bond donors (Lipinski definition) is 2. The molecule has 4 rings (SSSR count). The highest BCUT2D eigenvalue weighted by atomic mass is 16.5. The minimum absolute atomic E-state index is 0.149. The fourth-order valence-electron chi connectivity index (χ4n) is 3.00. The van der Waals surface area contributed by atoms with Gasteiger partial charge in [-0.1, -0.05) is 5.22 Å². The molecule has 0 bridgehead atoms. The van der Waals surface area contributed by atoms with Gasteiger partial charge in [0.05, 0.1) is 32.1 Å². The highest BCUT2D eigenvalue weighted by Gasteiger charge is 2.47. The summed E-state index contributed by atoms with van der Waals surface area (Å²) in [4.78, 5) is 10.7. The van der Waals surface area contributed by atoms with Gasteiger partial charge in [0.2, 0.25) is 0 Å². The quantitative estimate of drug-likeness (QED) is 0.646. The third-order valence-electron chi connectivity index (χ3n) is 4.06. The van der Waals surface area contributed by atoms with Crippen LogP contribution in [0.5, 0.6) is 0 Å². The maximum absolute atomic E-state index is 9.82. The van der Waals surface area contributed by atoms with Crippen molar-refractivity contribution in [3.63, 3.8) is 0 Å². The van der Waals surface area contributed by atoms with Crippen LogP contribution < -0.4 is 0 Å². The second-order valence-electron chi connectivity index (χ2n) is 5.25. The summed E-state index contributed by atoms with van der Waals surface area (Å²) in [5.41, 5.74) is 0. The van der Waals surface area contributed by atoms with E-state index in [-0.39, 0.29) is 25.0 Å². The van der Waals surface area contributed by atoms with Crippen LogP contribution >= 0.6 is 0 Å². The molecule has 0 aromatic carbocycles. The molecule has 9 nitrogen and oxygen atoms in total. The SMILES string of the molecule is OC[C@H]1O[C@@H](N2C=NC3C4=NCCN4N=NC32)C[C@@H]1O. The number of ether oxygens (including phenoxy) is 1. The molecule has 108 valence electrons. The molecule has 4 aliphatic rings. The Hall–Kier alpha value is -1.58. The molecule has 2 unspecified atom stereocenters. The first-order valence-electron chi connectivity index (χ1n) is 6.75. The molecule has 9 heteroatoms. The van der Waals surface area contributed by atoms with Crippen LogP contribution in [-0.2, 0) is 4.74 Å². The minimum atomic E-state index is -0.668. The van der Waals surface area contributed by atoms with Gasteiger partial charge in [-0.3, -0.25) is 9.98 Å². The molecule has 0 amide bonds. The molecular weight excluding hydrogens is 264 g/mol. The fourth-order valence-corrected chi connectivity index (χ4v) is 3.00. The average molecular weight is 280 g/mol. The van der Waals surface area contributed by atoms with Crippen LogP contribution in [0.3, 0.4) is 0 Å². The normalized spacial score (nSPS) is 42.1. The number of amidine groups is 1. The first kappa shape index (κ1) is 12.2. The number of rotatable bonds is 2. The van der Waals surface area contributed by atoms with Gasteiger partial charge in [-0.25, -0.2) is 5.01 Å². The number of fused-ring (bicyclic) bond motifs is 3. The van der Waals surface area contributed by atoms with Crippen molar-refractivity contribution in [3.05, 3.63) is 0 Å². The monoisotopic (exact) mass is 280 g/mol. The Kier molecular flexibility index (Phi) is 2.72. The second kappa shape index (κ2) is 4.47. The topological polar surface area (TPSA) is 106 Å². The van der Waals surface area contributed by atoms with Gasteiger partial charge in [-0.2, -0.15) is 0 Å². The van der Waals surface area contributed by atoms with Crippen LogP contribution in [0.2, 0.25) is 0 Å². The van der Waals surface area contributed by atoms with E-state index >= 15 is 0 Å². The lowest BCUT2D eigenvalue weighted by atomic mass is 10.1. The van der Waals surface area contributed by atoms with Gasteiger partial charge in [0.25, 0.3) is 0 Å². The van der Waals surface area contributed by atoms with Crippen molar-refractivity contribution in [1.29, 1.82) is 0 Å². The molecule has 20 heavy (non-hydrogen) atoms. The van der Waals surface area contributed by atoms with Gasteiger partial charge in [-0.05, 0) is 0 Å². The van der Waals surface area contributed by atoms with E-state index in [4.69, 9.17) is 9.84 Å². The molecule has 0 radical (unpaired) electrons. The Morgan fingerprint density at radius 2 is 2.35 bits per heavy atom. The van der Waals surface area contributed by atoms with Crippen molar-refractivity contribution in [3.8, 4) is 0 Å². The van der Waals surface area contributed by atoms with Gasteiger partial charge in [0, 0.05) is 6.42 Å². The number of aliphatic hydroxyl groups is 2. The van der Waals surface area contributed by atoms with Crippen molar-refractivity contribution in [2.24, 2.45) is 20.3 Å². The lowest BCUT2D eigenvalue weighted by Crippen LogP contribution is -2.49. The lowest BCUT2D eigenvalue weighted by molar-refractivity contribution is -0.0643. The summed E-state index contributed by atoms with van der Waals surface area (Å²) in [6.45, 7) is 1.28. The summed E-state index contributed by atoms with van der Waals surface area (Å²) >= 11 is 0. The fraction of sp³-hybridized carbons (Fsp3) is 0.818. The average Bonchev–Trinajstić information content (AvgIpc) is 3.13. The molecule has 0 aromatic heterocycles.